The number of hydrogen-bond acceptors (Lipinski definition) is 2. The van der Waals surface area contributed by atoms with Gasteiger partial charge in [0.15, 0.2) is 5.79 Å². The normalized spacial score (nSPS) is 22.2. The molecule has 1 spiro atoms. The molecule has 1 saturated heterocycles. The summed E-state index contributed by atoms with van der Waals surface area (Å²) in [5, 5.41) is 1.42. The Balaban J connectivity index is 1.56. The van der Waals surface area contributed by atoms with Crippen molar-refractivity contribution in [2.24, 2.45) is 0 Å². The van der Waals surface area contributed by atoms with Gasteiger partial charge in [0.2, 0.25) is 0 Å². The van der Waals surface area contributed by atoms with Gasteiger partial charge in [0.1, 0.15) is 0 Å². The molecule has 1 fully saturated rings. The molecule has 1 unspecified atom stereocenters. The zero-order valence-corrected chi connectivity index (χ0v) is 15.0. The first-order valence-corrected chi connectivity index (χ1v) is 11.2. The Bertz CT molecular complexity index is 509. The molecule has 1 aromatic carbocycles. The maximum Gasteiger partial charge on any atom is 0.191 e. The van der Waals surface area contributed by atoms with Crippen LogP contribution >= 0.6 is 22.1 Å². The Kier molecular flexibility index (Phi) is 5.16. The highest BCUT2D eigenvalue weighted by Gasteiger charge is 2.44. The second kappa shape index (κ2) is 6.91. The predicted molar refractivity (Wildman–Crippen MR) is 92.6 cm³/mol. The fraction of sp³-hybridized carbons (Fsp3) is 0.529. The van der Waals surface area contributed by atoms with E-state index in [4.69, 9.17) is 9.47 Å². The van der Waals surface area contributed by atoms with Gasteiger partial charge in [0, 0.05) is 6.42 Å². The van der Waals surface area contributed by atoms with Crippen LogP contribution in [-0.2, 0) is 9.47 Å². The number of benzene rings is 1. The van der Waals surface area contributed by atoms with Crippen molar-refractivity contribution in [3.8, 4) is 0 Å². The number of rotatable bonds is 5. The van der Waals surface area contributed by atoms with E-state index in [-0.39, 0.29) is 12.4 Å². The fourth-order valence-electron chi connectivity index (χ4n) is 3.27. The SMILES string of the molecule is CC1=C(CCCP(Br)c2ccccc2)C2(CC1)OCCO2. The summed E-state index contributed by atoms with van der Waals surface area (Å²) < 4.78 is 11.9. The average molecular weight is 369 g/mol. The first kappa shape index (κ1) is 15.7. The third-order valence-corrected chi connectivity index (χ3v) is 8.24. The summed E-state index contributed by atoms with van der Waals surface area (Å²) in [6.45, 7) is 3.50. The van der Waals surface area contributed by atoms with Gasteiger partial charge in [-0.1, -0.05) is 51.4 Å². The van der Waals surface area contributed by atoms with Crippen LogP contribution < -0.4 is 5.30 Å². The van der Waals surface area contributed by atoms with Gasteiger partial charge < -0.3 is 9.47 Å². The molecule has 0 amide bonds. The highest BCUT2D eigenvalue weighted by Crippen LogP contribution is 2.47. The molecule has 114 valence electrons. The van der Waals surface area contributed by atoms with Gasteiger partial charge in [-0.25, -0.2) is 0 Å². The Hall–Kier alpha value is -0.210. The van der Waals surface area contributed by atoms with Gasteiger partial charge in [0.25, 0.3) is 0 Å². The molecule has 1 aromatic rings. The van der Waals surface area contributed by atoms with Crippen molar-refractivity contribution in [2.45, 2.75) is 38.4 Å². The van der Waals surface area contributed by atoms with E-state index < -0.39 is 0 Å². The summed E-state index contributed by atoms with van der Waals surface area (Å²) in [5.74, 6) is -0.355. The van der Waals surface area contributed by atoms with Crippen molar-refractivity contribution in [3.63, 3.8) is 0 Å². The third-order valence-electron chi connectivity index (χ3n) is 4.38. The van der Waals surface area contributed by atoms with E-state index in [0.717, 1.165) is 32.5 Å². The van der Waals surface area contributed by atoms with Crippen molar-refractivity contribution in [1.29, 1.82) is 0 Å². The minimum Gasteiger partial charge on any atom is -0.344 e. The molecule has 3 rings (SSSR count). The molecular formula is C17H22BrO2P. The largest absolute Gasteiger partial charge is 0.344 e. The minimum atomic E-state index is -0.355. The van der Waals surface area contributed by atoms with E-state index in [1.165, 1.54) is 29.0 Å². The molecule has 0 radical (unpaired) electrons. The summed E-state index contributed by atoms with van der Waals surface area (Å²) in [7, 11) is 0. The smallest absolute Gasteiger partial charge is 0.191 e. The Morgan fingerprint density at radius 2 is 1.90 bits per heavy atom. The summed E-state index contributed by atoms with van der Waals surface area (Å²) in [4.78, 5) is 0. The molecular weight excluding hydrogens is 347 g/mol. The van der Waals surface area contributed by atoms with Gasteiger partial charge >= 0.3 is 0 Å². The molecule has 4 heteroatoms. The van der Waals surface area contributed by atoms with Crippen molar-refractivity contribution in [1.82, 2.24) is 0 Å². The van der Waals surface area contributed by atoms with Crippen LogP contribution in [0, 0.1) is 0 Å². The molecule has 0 saturated carbocycles. The van der Waals surface area contributed by atoms with Crippen LogP contribution in [-0.4, -0.2) is 25.2 Å². The van der Waals surface area contributed by atoms with Gasteiger partial charge in [-0.15, -0.1) is 0 Å². The summed E-state index contributed by atoms with van der Waals surface area (Å²) in [6.07, 6.45) is 5.62. The lowest BCUT2D eigenvalue weighted by Gasteiger charge is -2.26. The third kappa shape index (κ3) is 3.42. The van der Waals surface area contributed by atoms with E-state index in [0.29, 0.717) is 0 Å². The van der Waals surface area contributed by atoms with Gasteiger partial charge in [-0.3, -0.25) is 0 Å². The maximum atomic E-state index is 5.94. The molecule has 2 nitrogen and oxygen atoms in total. The number of allylic oxidation sites excluding steroid dienone is 1. The minimum absolute atomic E-state index is 0.226. The molecule has 0 N–H and O–H groups in total. The van der Waals surface area contributed by atoms with Crippen LogP contribution in [0.2, 0.25) is 0 Å². The standard InChI is InChI=1S/C17H22BrO2P/c1-14-9-10-17(19-11-12-20-17)16(14)8-5-13-21(18)15-6-3-2-4-7-15/h2-4,6-7H,5,8-13H2,1H3. The molecule has 0 aromatic heterocycles. The molecule has 21 heavy (non-hydrogen) atoms. The molecule has 1 heterocycles. The second-order valence-corrected chi connectivity index (χ2v) is 9.99. The first-order valence-electron chi connectivity index (χ1n) is 7.67. The lowest BCUT2D eigenvalue weighted by atomic mass is 10.0. The molecule has 2 aliphatic rings. The Labute approximate surface area is 136 Å². The highest BCUT2D eigenvalue weighted by atomic mass is 79.9. The van der Waals surface area contributed by atoms with E-state index in [9.17, 15) is 0 Å². The molecule has 0 bridgehead atoms. The zero-order valence-electron chi connectivity index (χ0n) is 12.5. The monoisotopic (exact) mass is 368 g/mol. The average Bonchev–Trinajstić information content (AvgIpc) is 3.10. The van der Waals surface area contributed by atoms with Crippen LogP contribution in [0.4, 0.5) is 0 Å². The van der Waals surface area contributed by atoms with Crippen molar-refractivity contribution in [3.05, 3.63) is 41.5 Å². The predicted octanol–water partition coefficient (Wildman–Crippen LogP) is 4.74. The van der Waals surface area contributed by atoms with Crippen LogP contribution in [0.5, 0.6) is 0 Å². The van der Waals surface area contributed by atoms with Crippen molar-refractivity contribution in [2.75, 3.05) is 19.4 Å². The zero-order chi connectivity index (χ0) is 14.7. The lowest BCUT2D eigenvalue weighted by molar-refractivity contribution is -0.125. The Morgan fingerprint density at radius 3 is 2.62 bits per heavy atom. The Morgan fingerprint density at radius 1 is 1.19 bits per heavy atom. The summed E-state index contributed by atoms with van der Waals surface area (Å²) in [5.41, 5.74) is 2.90. The molecule has 1 aliphatic heterocycles. The fourth-order valence-corrected chi connectivity index (χ4v) is 5.92. The van der Waals surface area contributed by atoms with Gasteiger partial charge in [0.05, 0.1) is 13.2 Å². The molecule has 1 aliphatic carbocycles. The van der Waals surface area contributed by atoms with Crippen LogP contribution in [0.1, 0.15) is 32.6 Å². The van der Waals surface area contributed by atoms with Gasteiger partial charge in [-0.05, 0) is 49.8 Å². The summed E-state index contributed by atoms with van der Waals surface area (Å²) >= 11 is 3.87. The van der Waals surface area contributed by atoms with E-state index in [2.05, 4.69) is 52.7 Å². The first-order chi connectivity index (χ1) is 10.2. The van der Waals surface area contributed by atoms with E-state index >= 15 is 0 Å². The number of halogens is 1. The van der Waals surface area contributed by atoms with E-state index in [1.807, 2.05) is 0 Å². The maximum absolute atomic E-state index is 5.94. The summed E-state index contributed by atoms with van der Waals surface area (Å²) in [6, 6.07) is 10.7. The van der Waals surface area contributed by atoms with E-state index in [1.54, 1.807) is 0 Å². The topological polar surface area (TPSA) is 18.5 Å². The quantitative estimate of drug-likeness (QED) is 0.552. The number of ether oxygens (including phenoxy) is 2. The van der Waals surface area contributed by atoms with Crippen LogP contribution in [0.15, 0.2) is 41.5 Å². The van der Waals surface area contributed by atoms with Gasteiger partial charge in [-0.2, -0.15) is 0 Å². The van der Waals surface area contributed by atoms with Crippen molar-refractivity contribution < 1.29 is 9.47 Å². The van der Waals surface area contributed by atoms with Crippen LogP contribution in [0.25, 0.3) is 0 Å². The van der Waals surface area contributed by atoms with Crippen molar-refractivity contribution >= 4 is 27.4 Å². The van der Waals surface area contributed by atoms with Crippen LogP contribution in [0.3, 0.4) is 0 Å². The second-order valence-electron chi connectivity index (χ2n) is 5.73. The lowest BCUT2D eigenvalue weighted by Crippen LogP contribution is -2.29. The number of hydrogen-bond donors (Lipinski definition) is 0. The highest BCUT2D eigenvalue weighted by molar-refractivity contribution is 9.40. The molecule has 1 atom stereocenters.